The third-order valence-corrected chi connectivity index (χ3v) is 5.35. The molecule has 1 aliphatic rings. The zero-order chi connectivity index (χ0) is 23.2. The Kier molecular flexibility index (Phi) is 6.77. The maximum atomic E-state index is 13.3. The number of nitrogens with one attached hydrogen (secondary N) is 3. The van der Waals surface area contributed by atoms with Gasteiger partial charge in [0.15, 0.2) is 0 Å². The molecule has 1 aromatic heterocycles. The summed E-state index contributed by atoms with van der Waals surface area (Å²) in [7, 11) is 0. The van der Waals surface area contributed by atoms with Crippen LogP contribution in [0, 0.1) is 5.82 Å². The van der Waals surface area contributed by atoms with Gasteiger partial charge in [-0.1, -0.05) is 12.1 Å². The Balaban J connectivity index is 1.35. The molecular formula is C24H24FN5O3. The maximum absolute atomic E-state index is 13.3. The lowest BCUT2D eigenvalue weighted by Gasteiger charge is -2.15. The first kappa shape index (κ1) is 22.2. The van der Waals surface area contributed by atoms with Gasteiger partial charge in [0.1, 0.15) is 11.9 Å². The van der Waals surface area contributed by atoms with Crippen LogP contribution in [0.15, 0.2) is 60.9 Å². The summed E-state index contributed by atoms with van der Waals surface area (Å²) in [4.78, 5) is 36.8. The van der Waals surface area contributed by atoms with Crippen molar-refractivity contribution in [3.05, 3.63) is 77.9 Å². The SMILES string of the molecule is O=C(Cc1cccc(F)c1)Nc1cnn(-c2ccc(C(=O)N[C@H]3CCCCNC3=O)cc2)c1. The number of nitrogens with zero attached hydrogens (tertiary/aromatic N) is 2. The third-order valence-electron chi connectivity index (χ3n) is 5.35. The molecule has 0 saturated carbocycles. The largest absolute Gasteiger partial charge is 0.354 e. The van der Waals surface area contributed by atoms with Gasteiger partial charge in [-0.15, -0.1) is 0 Å². The van der Waals surface area contributed by atoms with E-state index in [1.807, 2.05) is 0 Å². The summed E-state index contributed by atoms with van der Waals surface area (Å²) >= 11 is 0. The first-order chi connectivity index (χ1) is 16.0. The van der Waals surface area contributed by atoms with Crippen LogP contribution in [0.1, 0.15) is 35.2 Å². The van der Waals surface area contributed by atoms with Gasteiger partial charge in [-0.3, -0.25) is 14.4 Å². The molecule has 1 atom stereocenters. The summed E-state index contributed by atoms with van der Waals surface area (Å²) in [6, 6.07) is 12.1. The summed E-state index contributed by atoms with van der Waals surface area (Å²) in [6.45, 7) is 0.636. The van der Waals surface area contributed by atoms with E-state index in [4.69, 9.17) is 0 Å². The molecule has 33 heavy (non-hydrogen) atoms. The highest BCUT2D eigenvalue weighted by atomic mass is 19.1. The van der Waals surface area contributed by atoms with Crippen LogP contribution in [0.5, 0.6) is 0 Å². The second-order valence-electron chi connectivity index (χ2n) is 7.89. The van der Waals surface area contributed by atoms with Gasteiger partial charge in [0.05, 0.1) is 30.2 Å². The molecule has 1 aliphatic heterocycles. The molecule has 170 valence electrons. The van der Waals surface area contributed by atoms with Crippen molar-refractivity contribution in [1.82, 2.24) is 20.4 Å². The van der Waals surface area contributed by atoms with Gasteiger partial charge in [0, 0.05) is 12.1 Å². The van der Waals surface area contributed by atoms with Gasteiger partial charge >= 0.3 is 0 Å². The Morgan fingerprint density at radius 1 is 1.15 bits per heavy atom. The molecule has 8 nitrogen and oxygen atoms in total. The van der Waals surface area contributed by atoms with Crippen LogP contribution in [0.2, 0.25) is 0 Å². The predicted octanol–water partition coefficient (Wildman–Crippen LogP) is 2.59. The minimum Gasteiger partial charge on any atom is -0.354 e. The second-order valence-corrected chi connectivity index (χ2v) is 7.89. The monoisotopic (exact) mass is 449 g/mol. The Hall–Kier alpha value is -4.01. The first-order valence-electron chi connectivity index (χ1n) is 10.8. The van der Waals surface area contributed by atoms with Gasteiger partial charge in [-0.05, 0) is 61.2 Å². The van der Waals surface area contributed by atoms with Crippen LogP contribution >= 0.6 is 0 Å². The Labute approximate surface area is 190 Å². The van der Waals surface area contributed by atoms with Gasteiger partial charge in [0.2, 0.25) is 11.8 Å². The van der Waals surface area contributed by atoms with Crippen LogP contribution in [0.25, 0.3) is 5.69 Å². The Morgan fingerprint density at radius 3 is 2.76 bits per heavy atom. The lowest BCUT2D eigenvalue weighted by molar-refractivity contribution is -0.122. The summed E-state index contributed by atoms with van der Waals surface area (Å²) < 4.78 is 14.8. The number of carbonyl (C=O) groups is 3. The predicted molar refractivity (Wildman–Crippen MR) is 120 cm³/mol. The highest BCUT2D eigenvalue weighted by Crippen LogP contribution is 2.14. The zero-order valence-electron chi connectivity index (χ0n) is 17.9. The third kappa shape index (κ3) is 5.82. The van der Waals surface area contributed by atoms with E-state index in [0.717, 1.165) is 12.8 Å². The number of amides is 3. The number of benzene rings is 2. The quantitative estimate of drug-likeness (QED) is 0.538. The number of hydrogen-bond donors (Lipinski definition) is 3. The zero-order valence-corrected chi connectivity index (χ0v) is 17.9. The van der Waals surface area contributed by atoms with Crippen molar-refractivity contribution in [2.24, 2.45) is 0 Å². The molecule has 3 amide bonds. The molecule has 1 saturated heterocycles. The summed E-state index contributed by atoms with van der Waals surface area (Å²) in [5, 5.41) is 12.6. The average Bonchev–Trinajstić information content (AvgIpc) is 3.16. The van der Waals surface area contributed by atoms with Gasteiger partial charge < -0.3 is 16.0 Å². The second kappa shape index (κ2) is 10.1. The highest BCUT2D eigenvalue weighted by molar-refractivity contribution is 5.97. The van der Waals surface area contributed by atoms with Gasteiger partial charge in [0.25, 0.3) is 5.91 Å². The number of aromatic nitrogens is 2. The lowest BCUT2D eigenvalue weighted by atomic mass is 10.1. The maximum Gasteiger partial charge on any atom is 0.251 e. The Bertz CT molecular complexity index is 1160. The van der Waals surface area contributed by atoms with Gasteiger partial charge in [-0.2, -0.15) is 5.10 Å². The van der Waals surface area contributed by atoms with E-state index < -0.39 is 6.04 Å². The summed E-state index contributed by atoms with van der Waals surface area (Å²) in [5.41, 5.74) is 2.21. The van der Waals surface area contributed by atoms with Gasteiger partial charge in [-0.25, -0.2) is 9.07 Å². The molecule has 0 aliphatic carbocycles. The number of hydrogen-bond acceptors (Lipinski definition) is 4. The minimum atomic E-state index is -0.524. The van der Waals surface area contributed by atoms with Crippen LogP contribution in [-0.4, -0.2) is 40.1 Å². The highest BCUT2D eigenvalue weighted by Gasteiger charge is 2.22. The molecule has 2 aromatic carbocycles. The van der Waals surface area contributed by atoms with Crippen molar-refractivity contribution in [2.45, 2.75) is 31.7 Å². The van der Waals surface area contributed by atoms with E-state index in [1.165, 1.54) is 18.3 Å². The molecule has 0 unspecified atom stereocenters. The molecule has 4 rings (SSSR count). The molecule has 0 spiro atoms. The molecule has 0 bridgehead atoms. The number of anilines is 1. The fourth-order valence-corrected chi connectivity index (χ4v) is 3.65. The van der Waals surface area contributed by atoms with Crippen molar-refractivity contribution in [1.29, 1.82) is 0 Å². The van der Waals surface area contributed by atoms with Crippen molar-refractivity contribution < 1.29 is 18.8 Å². The molecule has 3 N–H and O–H groups in total. The summed E-state index contributed by atoms with van der Waals surface area (Å²) in [6.07, 6.45) is 5.61. The van der Waals surface area contributed by atoms with E-state index in [9.17, 15) is 18.8 Å². The molecule has 0 radical (unpaired) electrons. The Morgan fingerprint density at radius 2 is 1.97 bits per heavy atom. The fourth-order valence-electron chi connectivity index (χ4n) is 3.65. The minimum absolute atomic E-state index is 0.0474. The number of halogens is 1. The van der Waals surface area contributed by atoms with Crippen LogP contribution in [0.4, 0.5) is 10.1 Å². The number of rotatable bonds is 6. The average molecular weight is 449 g/mol. The standard InChI is InChI=1S/C24H24FN5O3/c25-18-5-3-4-16(12-18)13-22(31)28-19-14-27-30(15-19)20-9-7-17(8-10-20)23(32)29-21-6-1-2-11-26-24(21)33/h3-5,7-10,12,14-15,21H,1-2,6,11,13H2,(H,26,33)(H,28,31)(H,29,32)/t21-/m0/s1. The van der Waals surface area contributed by atoms with Crippen LogP contribution in [0.3, 0.4) is 0 Å². The first-order valence-corrected chi connectivity index (χ1v) is 10.8. The van der Waals surface area contributed by atoms with Crippen LogP contribution in [-0.2, 0) is 16.0 Å². The number of carbonyl (C=O) groups excluding carboxylic acids is 3. The topological polar surface area (TPSA) is 105 Å². The van der Waals surface area contributed by atoms with Crippen molar-refractivity contribution in [3.63, 3.8) is 0 Å². The normalized spacial score (nSPS) is 15.9. The van der Waals surface area contributed by atoms with E-state index >= 15 is 0 Å². The fraction of sp³-hybridized carbons (Fsp3) is 0.250. The summed E-state index contributed by atoms with van der Waals surface area (Å²) in [5.74, 6) is -1.13. The molecule has 2 heterocycles. The molecule has 1 fully saturated rings. The van der Waals surface area contributed by atoms with Crippen molar-refractivity contribution in [3.8, 4) is 5.69 Å². The molecule has 9 heteroatoms. The molecular weight excluding hydrogens is 425 g/mol. The van der Waals surface area contributed by atoms with E-state index in [0.29, 0.717) is 35.5 Å². The van der Waals surface area contributed by atoms with E-state index in [1.54, 1.807) is 47.3 Å². The van der Waals surface area contributed by atoms with Crippen molar-refractivity contribution >= 4 is 23.4 Å². The van der Waals surface area contributed by atoms with E-state index in [2.05, 4.69) is 21.0 Å². The molecule has 3 aromatic rings. The lowest BCUT2D eigenvalue weighted by Crippen LogP contribution is -2.45. The smallest absolute Gasteiger partial charge is 0.251 e. The van der Waals surface area contributed by atoms with E-state index in [-0.39, 0.29) is 30.0 Å². The van der Waals surface area contributed by atoms with Crippen molar-refractivity contribution in [2.75, 3.05) is 11.9 Å². The van der Waals surface area contributed by atoms with Crippen LogP contribution < -0.4 is 16.0 Å².